The highest BCUT2D eigenvalue weighted by molar-refractivity contribution is 5.35. The second-order valence-corrected chi connectivity index (χ2v) is 5.22. The lowest BCUT2D eigenvalue weighted by Gasteiger charge is -2.31. The molecule has 1 N–H and O–H groups in total. The summed E-state index contributed by atoms with van der Waals surface area (Å²) in [6, 6.07) is 10.7. The van der Waals surface area contributed by atoms with Crippen LogP contribution in [0.15, 0.2) is 36.5 Å². The van der Waals surface area contributed by atoms with E-state index in [1.54, 1.807) is 0 Å². The van der Waals surface area contributed by atoms with Crippen molar-refractivity contribution < 1.29 is 4.74 Å². The van der Waals surface area contributed by atoms with Crippen LogP contribution in [-0.2, 0) is 13.0 Å². The first kappa shape index (κ1) is 13.2. The first-order valence-corrected chi connectivity index (χ1v) is 7.23. The molecule has 106 valence electrons. The van der Waals surface area contributed by atoms with Gasteiger partial charge < -0.3 is 10.1 Å². The molecular weight excluding hydrogens is 250 g/mol. The van der Waals surface area contributed by atoms with E-state index in [9.17, 15) is 0 Å². The van der Waals surface area contributed by atoms with Crippen molar-refractivity contribution in [3.63, 3.8) is 0 Å². The van der Waals surface area contributed by atoms with Crippen molar-refractivity contribution in [3.8, 4) is 5.75 Å². The fraction of sp³-hybridized carbons (Fsp3) is 0.438. The first-order valence-electron chi connectivity index (χ1n) is 7.23. The number of ether oxygens (including phenoxy) is 1. The van der Waals surface area contributed by atoms with Crippen LogP contribution >= 0.6 is 0 Å². The molecule has 2 unspecified atom stereocenters. The summed E-state index contributed by atoms with van der Waals surface area (Å²) in [5.41, 5.74) is 2.54. The van der Waals surface area contributed by atoms with Gasteiger partial charge in [-0.15, -0.1) is 0 Å². The Hall–Kier alpha value is -1.81. The molecule has 0 amide bonds. The number of fused-ring (bicyclic) bond motifs is 1. The third-order valence-electron chi connectivity index (χ3n) is 4.06. The minimum atomic E-state index is 0.269. The van der Waals surface area contributed by atoms with Crippen molar-refractivity contribution >= 4 is 0 Å². The molecule has 3 rings (SSSR count). The number of para-hydroxylation sites is 1. The van der Waals surface area contributed by atoms with Gasteiger partial charge >= 0.3 is 0 Å². The van der Waals surface area contributed by atoms with E-state index in [4.69, 9.17) is 4.74 Å². The lowest BCUT2D eigenvalue weighted by Crippen LogP contribution is -2.34. The molecule has 20 heavy (non-hydrogen) atoms. The lowest BCUT2D eigenvalue weighted by atomic mass is 9.88. The average molecular weight is 271 g/mol. The highest BCUT2D eigenvalue weighted by Gasteiger charge is 2.29. The molecule has 2 heterocycles. The highest BCUT2D eigenvalue weighted by Crippen LogP contribution is 2.33. The fourth-order valence-corrected chi connectivity index (χ4v) is 3.06. The largest absolute Gasteiger partial charge is 0.493 e. The Morgan fingerprint density at radius 3 is 3.05 bits per heavy atom. The number of rotatable bonds is 4. The summed E-state index contributed by atoms with van der Waals surface area (Å²) in [4.78, 5) is 0. The van der Waals surface area contributed by atoms with Crippen LogP contribution in [-0.4, -0.2) is 23.4 Å². The van der Waals surface area contributed by atoms with E-state index in [-0.39, 0.29) is 6.04 Å². The van der Waals surface area contributed by atoms with Crippen molar-refractivity contribution in [3.05, 3.63) is 47.8 Å². The Morgan fingerprint density at radius 1 is 1.40 bits per heavy atom. The van der Waals surface area contributed by atoms with Crippen molar-refractivity contribution in [2.45, 2.75) is 25.9 Å². The van der Waals surface area contributed by atoms with E-state index in [0.29, 0.717) is 5.92 Å². The summed E-state index contributed by atoms with van der Waals surface area (Å²) in [5, 5.41) is 7.82. The van der Waals surface area contributed by atoms with Crippen LogP contribution in [0.25, 0.3) is 0 Å². The van der Waals surface area contributed by atoms with Crippen LogP contribution < -0.4 is 10.1 Å². The van der Waals surface area contributed by atoms with Crippen molar-refractivity contribution in [1.82, 2.24) is 15.1 Å². The summed E-state index contributed by atoms with van der Waals surface area (Å²) in [6.45, 7) is 3.76. The van der Waals surface area contributed by atoms with Crippen LogP contribution in [0.5, 0.6) is 5.75 Å². The van der Waals surface area contributed by atoms with Crippen molar-refractivity contribution in [1.29, 1.82) is 0 Å². The molecule has 1 aliphatic heterocycles. The molecule has 0 fully saturated rings. The summed E-state index contributed by atoms with van der Waals surface area (Å²) >= 11 is 0. The third kappa shape index (κ3) is 2.31. The maximum Gasteiger partial charge on any atom is 0.122 e. The number of hydrogen-bond donors (Lipinski definition) is 1. The SMILES string of the molecule is CCn1nccc1C(NC)C1COc2ccccc2C1. The molecule has 0 aliphatic carbocycles. The van der Waals surface area contributed by atoms with Gasteiger partial charge in [0.05, 0.1) is 18.3 Å². The molecule has 2 atom stereocenters. The van der Waals surface area contributed by atoms with E-state index < -0.39 is 0 Å². The van der Waals surface area contributed by atoms with E-state index in [2.05, 4.69) is 46.3 Å². The maximum atomic E-state index is 5.92. The van der Waals surface area contributed by atoms with Crippen molar-refractivity contribution in [2.24, 2.45) is 5.92 Å². The maximum absolute atomic E-state index is 5.92. The predicted octanol–water partition coefficient (Wildman–Crippen LogP) is 2.41. The minimum Gasteiger partial charge on any atom is -0.493 e. The Labute approximate surface area is 119 Å². The van der Waals surface area contributed by atoms with E-state index in [1.165, 1.54) is 11.3 Å². The van der Waals surface area contributed by atoms with Gasteiger partial charge in [-0.1, -0.05) is 18.2 Å². The zero-order valence-electron chi connectivity index (χ0n) is 12.0. The Morgan fingerprint density at radius 2 is 2.25 bits per heavy atom. The molecule has 0 radical (unpaired) electrons. The van der Waals surface area contributed by atoms with E-state index in [1.807, 2.05) is 19.3 Å². The molecule has 1 aromatic carbocycles. The monoisotopic (exact) mass is 271 g/mol. The van der Waals surface area contributed by atoms with Gasteiger partial charge in [0.1, 0.15) is 5.75 Å². The Kier molecular flexibility index (Phi) is 3.74. The molecule has 2 aromatic rings. The second kappa shape index (κ2) is 5.67. The minimum absolute atomic E-state index is 0.269. The van der Waals surface area contributed by atoms with Gasteiger partial charge in [0.15, 0.2) is 0 Å². The summed E-state index contributed by atoms with van der Waals surface area (Å²) in [5.74, 6) is 1.46. The molecule has 0 saturated heterocycles. The Balaban J connectivity index is 1.85. The molecule has 4 heteroatoms. The van der Waals surface area contributed by atoms with Crippen LogP contribution in [0.4, 0.5) is 0 Å². The standard InChI is InChI=1S/C16H21N3O/c1-3-19-14(8-9-18-19)16(17-2)13-10-12-6-4-5-7-15(12)20-11-13/h4-9,13,16-17H,3,10-11H2,1-2H3. The Bertz CT molecular complexity index is 579. The van der Waals surface area contributed by atoms with Gasteiger partial charge in [-0.05, 0) is 38.1 Å². The number of benzene rings is 1. The fourth-order valence-electron chi connectivity index (χ4n) is 3.06. The van der Waals surface area contributed by atoms with Crippen LogP contribution in [0, 0.1) is 5.92 Å². The molecule has 1 aromatic heterocycles. The third-order valence-corrected chi connectivity index (χ3v) is 4.06. The van der Waals surface area contributed by atoms with Gasteiger partial charge in [-0.25, -0.2) is 0 Å². The second-order valence-electron chi connectivity index (χ2n) is 5.22. The van der Waals surface area contributed by atoms with Crippen LogP contribution in [0.2, 0.25) is 0 Å². The van der Waals surface area contributed by atoms with E-state index in [0.717, 1.165) is 25.3 Å². The molecular formula is C16H21N3O. The van der Waals surface area contributed by atoms with Gasteiger partial charge in [0.2, 0.25) is 0 Å². The van der Waals surface area contributed by atoms with Gasteiger partial charge in [-0.2, -0.15) is 5.10 Å². The van der Waals surface area contributed by atoms with Gasteiger partial charge in [-0.3, -0.25) is 4.68 Å². The van der Waals surface area contributed by atoms with Crippen LogP contribution in [0.3, 0.4) is 0 Å². The molecule has 0 bridgehead atoms. The molecule has 4 nitrogen and oxygen atoms in total. The number of aryl methyl sites for hydroxylation is 1. The number of nitrogens with zero attached hydrogens (tertiary/aromatic N) is 2. The van der Waals surface area contributed by atoms with Crippen LogP contribution in [0.1, 0.15) is 24.2 Å². The lowest BCUT2D eigenvalue weighted by molar-refractivity contribution is 0.184. The predicted molar refractivity (Wildman–Crippen MR) is 78.8 cm³/mol. The quantitative estimate of drug-likeness (QED) is 0.928. The topological polar surface area (TPSA) is 39.1 Å². The number of hydrogen-bond acceptors (Lipinski definition) is 3. The van der Waals surface area contributed by atoms with Gasteiger partial charge in [0.25, 0.3) is 0 Å². The number of aromatic nitrogens is 2. The zero-order valence-corrected chi connectivity index (χ0v) is 12.0. The molecule has 1 aliphatic rings. The summed E-state index contributed by atoms with van der Waals surface area (Å²) in [7, 11) is 2.01. The highest BCUT2D eigenvalue weighted by atomic mass is 16.5. The summed E-state index contributed by atoms with van der Waals surface area (Å²) < 4.78 is 7.98. The first-order chi connectivity index (χ1) is 9.83. The smallest absolute Gasteiger partial charge is 0.122 e. The zero-order chi connectivity index (χ0) is 13.9. The molecule has 0 saturated carbocycles. The normalized spacial score (nSPS) is 19.2. The van der Waals surface area contributed by atoms with Crippen molar-refractivity contribution in [2.75, 3.05) is 13.7 Å². The number of nitrogens with one attached hydrogen (secondary N) is 1. The van der Waals surface area contributed by atoms with E-state index >= 15 is 0 Å². The molecule has 0 spiro atoms. The summed E-state index contributed by atoms with van der Waals surface area (Å²) in [6.07, 6.45) is 2.91. The average Bonchev–Trinajstić information content (AvgIpc) is 2.96. The van der Waals surface area contributed by atoms with Gasteiger partial charge in [0, 0.05) is 18.7 Å².